The zero-order chi connectivity index (χ0) is 14.7. The van der Waals surface area contributed by atoms with Crippen LogP contribution in [0.1, 0.15) is 16.1 Å². The van der Waals surface area contributed by atoms with Gasteiger partial charge in [0.2, 0.25) is 0 Å². The number of hydrogen-bond donors (Lipinski definition) is 2. The third-order valence-electron chi connectivity index (χ3n) is 3.18. The number of nitrogens with zero attached hydrogens (tertiary/aromatic N) is 2. The second kappa shape index (κ2) is 5.58. The third-order valence-corrected chi connectivity index (χ3v) is 3.18. The molecule has 0 aliphatic rings. The van der Waals surface area contributed by atoms with Gasteiger partial charge < -0.3 is 10.4 Å². The topological polar surface area (TPSA) is 75.1 Å². The minimum Gasteiger partial charge on any atom is -0.478 e. The Kier molecular flexibility index (Phi) is 3.47. The molecule has 5 nitrogen and oxygen atoms in total. The van der Waals surface area contributed by atoms with Gasteiger partial charge in [-0.3, -0.25) is 4.98 Å². The van der Waals surface area contributed by atoms with Gasteiger partial charge in [0, 0.05) is 17.8 Å². The van der Waals surface area contributed by atoms with Gasteiger partial charge in [-0.1, -0.05) is 12.1 Å². The molecule has 21 heavy (non-hydrogen) atoms. The second-order valence-electron chi connectivity index (χ2n) is 4.58. The molecule has 2 heterocycles. The molecule has 0 atom stereocenters. The van der Waals surface area contributed by atoms with Gasteiger partial charge in [-0.25, -0.2) is 9.78 Å². The first kappa shape index (κ1) is 13.1. The van der Waals surface area contributed by atoms with E-state index in [4.69, 9.17) is 5.11 Å². The van der Waals surface area contributed by atoms with Crippen LogP contribution in [0.15, 0.2) is 54.9 Å². The summed E-state index contributed by atoms with van der Waals surface area (Å²) in [4.78, 5) is 19.6. The van der Waals surface area contributed by atoms with E-state index in [1.807, 2.05) is 24.3 Å². The fourth-order valence-corrected chi connectivity index (χ4v) is 2.12. The summed E-state index contributed by atoms with van der Waals surface area (Å²) in [6, 6.07) is 12.6. The Labute approximate surface area is 121 Å². The van der Waals surface area contributed by atoms with Crippen LogP contribution >= 0.6 is 0 Å². The van der Waals surface area contributed by atoms with Crippen molar-refractivity contribution in [3.05, 3.63) is 66.1 Å². The molecule has 0 spiro atoms. The average molecular weight is 279 g/mol. The summed E-state index contributed by atoms with van der Waals surface area (Å²) >= 11 is 0. The van der Waals surface area contributed by atoms with Crippen molar-refractivity contribution in [3.63, 3.8) is 0 Å². The van der Waals surface area contributed by atoms with E-state index in [-0.39, 0.29) is 5.56 Å². The third kappa shape index (κ3) is 2.81. The maximum atomic E-state index is 11.1. The molecule has 2 N–H and O–H groups in total. The fourth-order valence-electron chi connectivity index (χ4n) is 2.12. The number of carbonyl (C=O) groups is 1. The van der Waals surface area contributed by atoms with Crippen molar-refractivity contribution in [2.24, 2.45) is 0 Å². The van der Waals surface area contributed by atoms with E-state index >= 15 is 0 Å². The maximum Gasteiger partial charge on any atom is 0.335 e. The Morgan fingerprint density at radius 1 is 1.10 bits per heavy atom. The molecular formula is C16H13N3O2. The summed E-state index contributed by atoms with van der Waals surface area (Å²) in [5, 5.41) is 14.0. The van der Waals surface area contributed by atoms with Gasteiger partial charge in [0.1, 0.15) is 5.82 Å². The van der Waals surface area contributed by atoms with E-state index < -0.39 is 5.97 Å². The number of carboxylic acid groups (broad SMARTS) is 1. The van der Waals surface area contributed by atoms with Gasteiger partial charge in [-0.15, -0.1) is 0 Å². The predicted octanol–water partition coefficient (Wildman–Crippen LogP) is 2.94. The molecule has 0 amide bonds. The Balaban J connectivity index is 1.94. The minimum absolute atomic E-state index is 0.247. The van der Waals surface area contributed by atoms with Gasteiger partial charge in [-0.05, 0) is 35.7 Å². The lowest BCUT2D eigenvalue weighted by Gasteiger charge is -2.09. The normalized spacial score (nSPS) is 10.5. The van der Waals surface area contributed by atoms with Crippen LogP contribution in [0.3, 0.4) is 0 Å². The zero-order valence-electron chi connectivity index (χ0n) is 11.2. The van der Waals surface area contributed by atoms with Gasteiger partial charge >= 0.3 is 5.97 Å². The van der Waals surface area contributed by atoms with E-state index in [0.717, 1.165) is 16.5 Å². The monoisotopic (exact) mass is 279 g/mol. The lowest BCUT2D eigenvalue weighted by Crippen LogP contribution is -2.04. The SMILES string of the molecule is O=C(O)c1ccc2ccnc(NCc3ccccn3)c2c1. The highest BCUT2D eigenvalue weighted by atomic mass is 16.4. The van der Waals surface area contributed by atoms with Crippen molar-refractivity contribution >= 4 is 22.6 Å². The van der Waals surface area contributed by atoms with Crippen LogP contribution in [-0.2, 0) is 6.54 Å². The number of pyridine rings is 2. The number of anilines is 1. The van der Waals surface area contributed by atoms with Crippen LogP contribution in [0, 0.1) is 0 Å². The van der Waals surface area contributed by atoms with Crippen LogP contribution in [0.25, 0.3) is 10.8 Å². The van der Waals surface area contributed by atoms with Crippen LogP contribution in [0.5, 0.6) is 0 Å². The summed E-state index contributed by atoms with van der Waals surface area (Å²) < 4.78 is 0. The predicted molar refractivity (Wildman–Crippen MR) is 80.3 cm³/mol. The summed E-state index contributed by atoms with van der Waals surface area (Å²) in [5.74, 6) is -0.294. The molecule has 1 aromatic carbocycles. The van der Waals surface area contributed by atoms with Crippen molar-refractivity contribution in [2.45, 2.75) is 6.54 Å². The smallest absolute Gasteiger partial charge is 0.335 e. The summed E-state index contributed by atoms with van der Waals surface area (Å²) in [7, 11) is 0. The van der Waals surface area contributed by atoms with Gasteiger partial charge in [0.05, 0.1) is 17.8 Å². The first-order valence-electron chi connectivity index (χ1n) is 6.50. The second-order valence-corrected chi connectivity index (χ2v) is 4.58. The van der Waals surface area contributed by atoms with E-state index in [1.165, 1.54) is 0 Å². The lowest BCUT2D eigenvalue weighted by atomic mass is 10.1. The van der Waals surface area contributed by atoms with Crippen LogP contribution in [0.4, 0.5) is 5.82 Å². The van der Waals surface area contributed by atoms with Crippen molar-refractivity contribution in [3.8, 4) is 0 Å². The molecule has 0 aliphatic heterocycles. The quantitative estimate of drug-likeness (QED) is 0.768. The molecule has 0 saturated carbocycles. The molecule has 0 saturated heterocycles. The number of rotatable bonds is 4. The van der Waals surface area contributed by atoms with Crippen LogP contribution < -0.4 is 5.32 Å². The van der Waals surface area contributed by atoms with Crippen molar-refractivity contribution in [1.82, 2.24) is 9.97 Å². The highest BCUT2D eigenvalue weighted by Crippen LogP contribution is 2.22. The van der Waals surface area contributed by atoms with Crippen molar-refractivity contribution < 1.29 is 9.90 Å². The molecule has 0 radical (unpaired) electrons. The largest absolute Gasteiger partial charge is 0.478 e. The minimum atomic E-state index is -0.948. The van der Waals surface area contributed by atoms with Crippen molar-refractivity contribution in [2.75, 3.05) is 5.32 Å². The van der Waals surface area contributed by atoms with E-state index in [9.17, 15) is 4.79 Å². The fraction of sp³-hybridized carbons (Fsp3) is 0.0625. The molecular weight excluding hydrogens is 266 g/mol. The van der Waals surface area contributed by atoms with Crippen LogP contribution in [0.2, 0.25) is 0 Å². The average Bonchev–Trinajstić information content (AvgIpc) is 2.53. The van der Waals surface area contributed by atoms with Gasteiger partial charge in [0.15, 0.2) is 0 Å². The highest BCUT2D eigenvalue weighted by molar-refractivity contribution is 5.98. The zero-order valence-corrected chi connectivity index (χ0v) is 11.2. The highest BCUT2D eigenvalue weighted by Gasteiger charge is 2.07. The molecule has 2 aromatic heterocycles. The summed E-state index contributed by atoms with van der Waals surface area (Å²) in [6.45, 7) is 0.532. The summed E-state index contributed by atoms with van der Waals surface area (Å²) in [5.41, 5.74) is 1.14. The molecule has 0 unspecified atom stereocenters. The lowest BCUT2D eigenvalue weighted by molar-refractivity contribution is 0.0697. The Bertz CT molecular complexity index is 788. The number of nitrogens with one attached hydrogen (secondary N) is 1. The molecule has 0 bridgehead atoms. The molecule has 104 valence electrons. The molecule has 0 aliphatic carbocycles. The molecule has 0 fully saturated rings. The Morgan fingerprint density at radius 2 is 2.00 bits per heavy atom. The van der Waals surface area contributed by atoms with Crippen LogP contribution in [-0.4, -0.2) is 21.0 Å². The molecule has 5 heteroatoms. The molecule has 3 aromatic rings. The number of aromatic carboxylic acids is 1. The van der Waals surface area contributed by atoms with E-state index in [1.54, 1.807) is 30.6 Å². The number of fused-ring (bicyclic) bond motifs is 1. The summed E-state index contributed by atoms with van der Waals surface area (Å²) in [6.07, 6.45) is 3.43. The number of benzene rings is 1. The standard InChI is InChI=1S/C16H13N3O2/c20-16(21)12-5-4-11-6-8-18-15(14(11)9-12)19-10-13-3-1-2-7-17-13/h1-9H,10H2,(H,18,19)(H,20,21). The Hall–Kier alpha value is -2.95. The first-order chi connectivity index (χ1) is 10.2. The van der Waals surface area contributed by atoms with Crippen molar-refractivity contribution in [1.29, 1.82) is 0 Å². The van der Waals surface area contributed by atoms with E-state index in [2.05, 4.69) is 15.3 Å². The van der Waals surface area contributed by atoms with Gasteiger partial charge in [0.25, 0.3) is 0 Å². The number of hydrogen-bond acceptors (Lipinski definition) is 4. The maximum absolute atomic E-state index is 11.1. The molecule has 3 rings (SSSR count). The number of aromatic nitrogens is 2. The Morgan fingerprint density at radius 3 is 2.76 bits per heavy atom. The van der Waals surface area contributed by atoms with E-state index in [0.29, 0.717) is 12.4 Å². The first-order valence-corrected chi connectivity index (χ1v) is 6.50. The van der Waals surface area contributed by atoms with Gasteiger partial charge in [-0.2, -0.15) is 0 Å². The number of carboxylic acids is 1.